The fraction of sp³-hybridized carbons (Fsp3) is 0.353. The van der Waals surface area contributed by atoms with Gasteiger partial charge >= 0.3 is 0 Å². The van der Waals surface area contributed by atoms with Crippen LogP contribution >= 0.6 is 0 Å². The van der Waals surface area contributed by atoms with E-state index in [0.717, 1.165) is 22.9 Å². The molecule has 0 aromatic heterocycles. The second-order valence-corrected chi connectivity index (χ2v) is 5.55. The van der Waals surface area contributed by atoms with E-state index in [4.69, 9.17) is 4.74 Å². The van der Waals surface area contributed by atoms with E-state index in [1.807, 2.05) is 63.2 Å². The van der Waals surface area contributed by atoms with Crippen molar-refractivity contribution in [3.05, 3.63) is 42.5 Å². The standard InChI is InChI=1S/C17H21NO2/c1-4-17(2,3)18-16(19)12-20-15-11-7-9-13-8-5-6-10-14(13)15/h5-11H,4,12H2,1-3H3,(H,18,19). The molecule has 0 saturated heterocycles. The molecule has 3 nitrogen and oxygen atoms in total. The highest BCUT2D eigenvalue weighted by Gasteiger charge is 2.18. The normalized spacial score (nSPS) is 11.3. The Morgan fingerprint density at radius 3 is 2.60 bits per heavy atom. The Morgan fingerprint density at radius 1 is 1.15 bits per heavy atom. The maximum atomic E-state index is 11.9. The van der Waals surface area contributed by atoms with Gasteiger partial charge in [-0.1, -0.05) is 43.3 Å². The van der Waals surface area contributed by atoms with Gasteiger partial charge in [-0.15, -0.1) is 0 Å². The van der Waals surface area contributed by atoms with E-state index in [1.54, 1.807) is 0 Å². The number of carbonyl (C=O) groups excluding carboxylic acids is 1. The molecule has 106 valence electrons. The molecule has 0 unspecified atom stereocenters. The first kappa shape index (κ1) is 14.4. The van der Waals surface area contributed by atoms with Gasteiger partial charge in [0.05, 0.1) is 0 Å². The highest BCUT2D eigenvalue weighted by atomic mass is 16.5. The lowest BCUT2D eigenvalue weighted by Gasteiger charge is -2.24. The molecule has 0 spiro atoms. The molecule has 0 aliphatic rings. The Labute approximate surface area is 119 Å². The van der Waals surface area contributed by atoms with Crippen molar-refractivity contribution in [1.29, 1.82) is 0 Å². The van der Waals surface area contributed by atoms with E-state index in [9.17, 15) is 4.79 Å². The molecule has 0 heterocycles. The molecule has 0 aliphatic heterocycles. The van der Waals surface area contributed by atoms with Gasteiger partial charge in [-0.3, -0.25) is 4.79 Å². The lowest BCUT2D eigenvalue weighted by molar-refractivity contribution is -0.124. The number of fused-ring (bicyclic) bond motifs is 1. The smallest absolute Gasteiger partial charge is 0.258 e. The summed E-state index contributed by atoms with van der Waals surface area (Å²) >= 11 is 0. The molecule has 0 radical (unpaired) electrons. The van der Waals surface area contributed by atoms with Crippen LogP contribution in [0.1, 0.15) is 27.2 Å². The quantitative estimate of drug-likeness (QED) is 0.903. The van der Waals surface area contributed by atoms with Crippen molar-refractivity contribution in [2.75, 3.05) is 6.61 Å². The summed E-state index contributed by atoms with van der Waals surface area (Å²) in [6, 6.07) is 13.8. The van der Waals surface area contributed by atoms with E-state index < -0.39 is 0 Å². The van der Waals surface area contributed by atoms with Crippen LogP contribution in [0.3, 0.4) is 0 Å². The Kier molecular flexibility index (Phi) is 4.28. The Balaban J connectivity index is 2.05. The molecule has 1 N–H and O–H groups in total. The number of rotatable bonds is 5. The van der Waals surface area contributed by atoms with Crippen LogP contribution in [0.5, 0.6) is 5.75 Å². The summed E-state index contributed by atoms with van der Waals surface area (Å²) in [7, 11) is 0. The van der Waals surface area contributed by atoms with Gasteiger partial charge in [0.25, 0.3) is 5.91 Å². The van der Waals surface area contributed by atoms with Crippen LogP contribution in [-0.4, -0.2) is 18.1 Å². The van der Waals surface area contributed by atoms with Crippen molar-refractivity contribution in [3.8, 4) is 5.75 Å². The van der Waals surface area contributed by atoms with Gasteiger partial charge in [0.2, 0.25) is 0 Å². The number of nitrogens with one attached hydrogen (secondary N) is 1. The number of hydrogen-bond donors (Lipinski definition) is 1. The van der Waals surface area contributed by atoms with Crippen molar-refractivity contribution < 1.29 is 9.53 Å². The predicted molar refractivity (Wildman–Crippen MR) is 82.0 cm³/mol. The van der Waals surface area contributed by atoms with Crippen molar-refractivity contribution in [2.45, 2.75) is 32.7 Å². The largest absolute Gasteiger partial charge is 0.483 e. The summed E-state index contributed by atoms with van der Waals surface area (Å²) < 4.78 is 5.66. The maximum absolute atomic E-state index is 11.9. The summed E-state index contributed by atoms with van der Waals surface area (Å²) in [6.45, 7) is 6.09. The van der Waals surface area contributed by atoms with E-state index in [-0.39, 0.29) is 18.1 Å². The summed E-state index contributed by atoms with van der Waals surface area (Å²) in [5, 5.41) is 5.10. The zero-order valence-electron chi connectivity index (χ0n) is 12.3. The first-order valence-corrected chi connectivity index (χ1v) is 6.93. The third-order valence-electron chi connectivity index (χ3n) is 3.47. The second kappa shape index (κ2) is 5.95. The van der Waals surface area contributed by atoms with Crippen LogP contribution in [0.2, 0.25) is 0 Å². The van der Waals surface area contributed by atoms with Gasteiger partial charge in [0.1, 0.15) is 5.75 Å². The lowest BCUT2D eigenvalue weighted by Crippen LogP contribution is -2.44. The molecule has 2 rings (SSSR count). The van der Waals surface area contributed by atoms with Gasteiger partial charge in [0, 0.05) is 10.9 Å². The first-order chi connectivity index (χ1) is 9.52. The summed E-state index contributed by atoms with van der Waals surface area (Å²) in [5.41, 5.74) is -0.195. The molecule has 2 aromatic carbocycles. The van der Waals surface area contributed by atoms with Crippen molar-refractivity contribution in [2.24, 2.45) is 0 Å². The van der Waals surface area contributed by atoms with E-state index in [2.05, 4.69) is 5.32 Å². The van der Waals surface area contributed by atoms with Crippen LogP contribution in [0.15, 0.2) is 42.5 Å². The Hall–Kier alpha value is -2.03. The molecule has 0 bridgehead atoms. The van der Waals surface area contributed by atoms with Gasteiger partial charge in [-0.2, -0.15) is 0 Å². The topological polar surface area (TPSA) is 38.3 Å². The van der Waals surface area contributed by atoms with Gasteiger partial charge in [0.15, 0.2) is 6.61 Å². The third-order valence-corrected chi connectivity index (χ3v) is 3.47. The number of amides is 1. The maximum Gasteiger partial charge on any atom is 0.258 e. The highest BCUT2D eigenvalue weighted by Crippen LogP contribution is 2.24. The lowest BCUT2D eigenvalue weighted by atomic mass is 10.0. The fourth-order valence-corrected chi connectivity index (χ4v) is 1.97. The minimum atomic E-state index is -0.195. The van der Waals surface area contributed by atoms with Crippen LogP contribution in [0.4, 0.5) is 0 Å². The number of hydrogen-bond acceptors (Lipinski definition) is 2. The fourth-order valence-electron chi connectivity index (χ4n) is 1.97. The SMILES string of the molecule is CCC(C)(C)NC(=O)COc1cccc2ccccc12. The Bertz CT molecular complexity index is 599. The third kappa shape index (κ3) is 3.50. The average Bonchev–Trinajstić information content (AvgIpc) is 2.44. The molecule has 2 aromatic rings. The Morgan fingerprint density at radius 2 is 1.85 bits per heavy atom. The molecular weight excluding hydrogens is 250 g/mol. The van der Waals surface area contributed by atoms with Gasteiger partial charge < -0.3 is 10.1 Å². The molecule has 3 heteroatoms. The number of carbonyl (C=O) groups is 1. The molecule has 20 heavy (non-hydrogen) atoms. The molecular formula is C17H21NO2. The van der Waals surface area contributed by atoms with Crippen LogP contribution in [-0.2, 0) is 4.79 Å². The van der Waals surface area contributed by atoms with Gasteiger partial charge in [-0.25, -0.2) is 0 Å². The second-order valence-electron chi connectivity index (χ2n) is 5.55. The molecule has 1 amide bonds. The van der Waals surface area contributed by atoms with Crippen molar-refractivity contribution in [3.63, 3.8) is 0 Å². The van der Waals surface area contributed by atoms with Crippen LogP contribution in [0.25, 0.3) is 10.8 Å². The van der Waals surface area contributed by atoms with Crippen LogP contribution < -0.4 is 10.1 Å². The highest BCUT2D eigenvalue weighted by molar-refractivity contribution is 5.88. The van der Waals surface area contributed by atoms with Crippen molar-refractivity contribution in [1.82, 2.24) is 5.32 Å². The number of benzene rings is 2. The minimum Gasteiger partial charge on any atom is -0.483 e. The predicted octanol–water partition coefficient (Wildman–Crippen LogP) is 3.52. The zero-order valence-corrected chi connectivity index (χ0v) is 12.3. The van der Waals surface area contributed by atoms with E-state index >= 15 is 0 Å². The minimum absolute atomic E-state index is 0.0391. The molecule has 0 saturated carbocycles. The summed E-state index contributed by atoms with van der Waals surface area (Å²) in [4.78, 5) is 11.9. The first-order valence-electron chi connectivity index (χ1n) is 6.93. The number of ether oxygens (including phenoxy) is 1. The monoisotopic (exact) mass is 271 g/mol. The van der Waals surface area contributed by atoms with Crippen molar-refractivity contribution >= 4 is 16.7 Å². The van der Waals surface area contributed by atoms with E-state index in [1.165, 1.54) is 0 Å². The summed E-state index contributed by atoms with van der Waals surface area (Å²) in [6.07, 6.45) is 0.882. The average molecular weight is 271 g/mol. The van der Waals surface area contributed by atoms with Crippen LogP contribution in [0, 0.1) is 0 Å². The summed E-state index contributed by atoms with van der Waals surface area (Å²) in [5.74, 6) is 0.650. The molecule has 0 aliphatic carbocycles. The van der Waals surface area contributed by atoms with E-state index in [0.29, 0.717) is 0 Å². The zero-order chi connectivity index (χ0) is 14.6. The molecule has 0 fully saturated rings. The van der Waals surface area contributed by atoms with Gasteiger partial charge in [-0.05, 0) is 31.7 Å². The molecule has 0 atom stereocenters.